The number of nitrogens with zero attached hydrogens (tertiary/aromatic N) is 3. The molecule has 0 bridgehead atoms. The molecule has 11 nitrogen and oxygen atoms in total. The lowest BCUT2D eigenvalue weighted by molar-refractivity contribution is -0.560. The lowest BCUT2D eigenvalue weighted by Gasteiger charge is -2.15. The van der Waals surface area contributed by atoms with Gasteiger partial charge < -0.3 is 14.8 Å². The molecule has 0 aliphatic carbocycles. The van der Waals surface area contributed by atoms with Crippen LogP contribution in [0.3, 0.4) is 0 Å². The van der Waals surface area contributed by atoms with Crippen molar-refractivity contribution in [2.45, 2.75) is 32.7 Å². The van der Waals surface area contributed by atoms with Gasteiger partial charge in [-0.05, 0) is 6.92 Å². The molecule has 0 radical (unpaired) electrons. The Morgan fingerprint density at radius 2 is 2.00 bits per heavy atom. The van der Waals surface area contributed by atoms with Crippen LogP contribution in [0.2, 0.25) is 0 Å². The Morgan fingerprint density at radius 1 is 1.33 bits per heavy atom. The van der Waals surface area contributed by atoms with Crippen molar-refractivity contribution < 1.29 is 24.1 Å². The summed E-state index contributed by atoms with van der Waals surface area (Å²) in [6, 6.07) is 2.27. The highest BCUT2D eigenvalue weighted by Gasteiger charge is 2.30. The minimum absolute atomic E-state index is 0.0741. The Morgan fingerprint density at radius 3 is 2.54 bits per heavy atom. The number of ether oxygens (including phenoxy) is 2. The number of nitro groups is 2. The molecule has 0 saturated heterocycles. The number of carbonyl (C=O) groups excluding carboxylic acids is 1. The molecule has 132 valence electrons. The summed E-state index contributed by atoms with van der Waals surface area (Å²) in [6.07, 6.45) is -0.874. The molecule has 1 heterocycles. The third-order valence-electron chi connectivity index (χ3n) is 3.02. The van der Waals surface area contributed by atoms with E-state index in [-0.39, 0.29) is 37.0 Å². The number of pyridine rings is 1. The van der Waals surface area contributed by atoms with E-state index in [0.717, 1.165) is 12.1 Å². The number of carbonyl (C=O) groups is 1. The molecule has 0 aliphatic rings. The molecule has 0 aliphatic heterocycles. The molecular weight excluding hydrogens is 324 g/mol. The summed E-state index contributed by atoms with van der Waals surface area (Å²) in [5, 5.41) is 24.5. The highest BCUT2D eigenvalue weighted by atomic mass is 16.7. The van der Waals surface area contributed by atoms with Gasteiger partial charge in [0.2, 0.25) is 17.2 Å². The molecule has 11 heteroatoms. The van der Waals surface area contributed by atoms with Gasteiger partial charge in [-0.3, -0.25) is 20.2 Å². The summed E-state index contributed by atoms with van der Waals surface area (Å²) in [4.78, 5) is 35.9. The third kappa shape index (κ3) is 5.34. The van der Waals surface area contributed by atoms with Crippen LogP contribution in [0.5, 0.6) is 5.88 Å². The second-order valence-electron chi connectivity index (χ2n) is 5.31. The van der Waals surface area contributed by atoms with Crippen LogP contribution in [-0.2, 0) is 4.74 Å². The number of hydrogen-bond acceptors (Lipinski definition) is 9. The van der Waals surface area contributed by atoms with Crippen LogP contribution >= 0.6 is 0 Å². The van der Waals surface area contributed by atoms with Gasteiger partial charge in [-0.2, -0.15) is 4.98 Å². The smallest absolute Gasteiger partial charge is 0.434 e. The summed E-state index contributed by atoms with van der Waals surface area (Å²) in [5.41, 5.74) is -1.54. The summed E-state index contributed by atoms with van der Waals surface area (Å²) in [6.45, 7) is 4.65. The fraction of sp³-hybridized carbons (Fsp3) is 0.538. The molecule has 0 amide bonds. The molecule has 0 spiro atoms. The van der Waals surface area contributed by atoms with Crippen LogP contribution in [0.15, 0.2) is 12.1 Å². The fourth-order valence-corrected chi connectivity index (χ4v) is 1.58. The summed E-state index contributed by atoms with van der Waals surface area (Å²) < 4.78 is 9.36. The van der Waals surface area contributed by atoms with E-state index < -0.39 is 21.5 Å². The maximum Gasteiger partial charge on any atom is 0.515 e. The molecule has 1 rings (SSSR count). The normalized spacial score (nSPS) is 10.8. The predicted octanol–water partition coefficient (Wildman–Crippen LogP) is 2.38. The van der Waals surface area contributed by atoms with Crippen LogP contribution in [0.25, 0.3) is 0 Å². The second-order valence-corrected chi connectivity index (χ2v) is 5.31. The van der Waals surface area contributed by atoms with E-state index in [9.17, 15) is 25.0 Å². The Balaban J connectivity index is 2.87. The SMILES string of the molecule is CCOC(=O)Oc1ccc([N+](=O)[O-])c(NCCC(C)(C)[N+](=O)[O-])n1. The molecule has 0 fully saturated rings. The molecule has 1 aromatic rings. The van der Waals surface area contributed by atoms with E-state index in [1.807, 2.05) is 0 Å². The largest absolute Gasteiger partial charge is 0.515 e. The zero-order valence-corrected chi connectivity index (χ0v) is 13.5. The topological polar surface area (TPSA) is 147 Å². The number of aromatic nitrogens is 1. The molecule has 24 heavy (non-hydrogen) atoms. The van der Waals surface area contributed by atoms with Crippen molar-refractivity contribution >= 4 is 17.7 Å². The molecule has 1 aromatic heterocycles. The van der Waals surface area contributed by atoms with Gasteiger partial charge in [0, 0.05) is 43.9 Å². The Bertz CT molecular complexity index is 633. The molecule has 1 N–H and O–H groups in total. The summed E-state index contributed by atoms with van der Waals surface area (Å²) in [5.74, 6) is -0.337. The minimum Gasteiger partial charge on any atom is -0.434 e. The van der Waals surface area contributed by atoms with Gasteiger partial charge in [0.1, 0.15) is 0 Å². The van der Waals surface area contributed by atoms with Crippen LogP contribution < -0.4 is 10.1 Å². The van der Waals surface area contributed by atoms with Crippen molar-refractivity contribution in [1.82, 2.24) is 4.98 Å². The zero-order chi connectivity index (χ0) is 18.3. The maximum absolute atomic E-state index is 11.2. The van der Waals surface area contributed by atoms with Crippen LogP contribution in [-0.4, -0.2) is 39.7 Å². The number of anilines is 1. The van der Waals surface area contributed by atoms with Crippen molar-refractivity contribution in [1.29, 1.82) is 0 Å². The van der Waals surface area contributed by atoms with Gasteiger partial charge in [-0.1, -0.05) is 0 Å². The highest BCUT2D eigenvalue weighted by molar-refractivity contribution is 5.64. The maximum atomic E-state index is 11.2. The van der Waals surface area contributed by atoms with Crippen molar-refractivity contribution in [3.05, 3.63) is 32.4 Å². The molecular formula is C13H18N4O7. The number of nitrogens with one attached hydrogen (secondary N) is 1. The van der Waals surface area contributed by atoms with E-state index >= 15 is 0 Å². The van der Waals surface area contributed by atoms with E-state index in [4.69, 9.17) is 4.74 Å². The minimum atomic E-state index is -1.19. The second kappa shape index (κ2) is 8.04. The molecule has 0 saturated carbocycles. The lowest BCUT2D eigenvalue weighted by Crippen LogP contribution is -2.33. The first kappa shape index (κ1) is 19.1. The monoisotopic (exact) mass is 342 g/mol. The van der Waals surface area contributed by atoms with Crippen LogP contribution in [0.1, 0.15) is 27.2 Å². The Labute approximate surface area is 137 Å². The van der Waals surface area contributed by atoms with Gasteiger partial charge in [-0.15, -0.1) is 0 Å². The third-order valence-corrected chi connectivity index (χ3v) is 3.02. The molecule has 0 atom stereocenters. The van der Waals surface area contributed by atoms with Gasteiger partial charge in [-0.25, -0.2) is 4.79 Å². The number of rotatable bonds is 8. The first-order valence-electron chi connectivity index (χ1n) is 7.05. The fourth-order valence-electron chi connectivity index (χ4n) is 1.58. The van der Waals surface area contributed by atoms with Crippen LogP contribution in [0.4, 0.5) is 16.3 Å². The molecule has 0 unspecified atom stereocenters. The van der Waals surface area contributed by atoms with Gasteiger partial charge >= 0.3 is 11.8 Å². The van der Waals surface area contributed by atoms with E-state index in [0.29, 0.717) is 0 Å². The quantitative estimate of drug-likeness (QED) is 0.427. The zero-order valence-electron chi connectivity index (χ0n) is 13.5. The van der Waals surface area contributed by atoms with Crippen molar-refractivity contribution in [3.8, 4) is 5.88 Å². The highest BCUT2D eigenvalue weighted by Crippen LogP contribution is 2.25. The molecule has 0 aromatic carbocycles. The van der Waals surface area contributed by atoms with Gasteiger partial charge in [0.05, 0.1) is 11.5 Å². The first-order chi connectivity index (χ1) is 11.2. The Kier molecular flexibility index (Phi) is 6.38. The summed E-state index contributed by atoms with van der Waals surface area (Å²) >= 11 is 0. The van der Waals surface area contributed by atoms with Gasteiger partial charge in [0.25, 0.3) is 0 Å². The van der Waals surface area contributed by atoms with E-state index in [1.165, 1.54) is 13.8 Å². The average Bonchev–Trinajstić information content (AvgIpc) is 2.47. The predicted molar refractivity (Wildman–Crippen MR) is 82.7 cm³/mol. The Hall–Kier alpha value is -2.98. The van der Waals surface area contributed by atoms with Crippen molar-refractivity contribution in [2.24, 2.45) is 0 Å². The van der Waals surface area contributed by atoms with E-state index in [2.05, 4.69) is 15.0 Å². The average molecular weight is 342 g/mol. The standard InChI is InChI=1S/C13H18N4O7/c1-4-23-12(18)24-10-6-5-9(16(19)20)11(15-10)14-8-7-13(2,3)17(21)22/h5-6H,4,7-8H2,1-3H3,(H,14,15). The summed E-state index contributed by atoms with van der Waals surface area (Å²) in [7, 11) is 0. The van der Waals surface area contributed by atoms with Crippen LogP contribution in [0, 0.1) is 20.2 Å². The lowest BCUT2D eigenvalue weighted by atomic mass is 10.0. The van der Waals surface area contributed by atoms with Gasteiger partial charge in [0.15, 0.2) is 0 Å². The number of hydrogen-bond donors (Lipinski definition) is 1. The van der Waals surface area contributed by atoms with Crippen molar-refractivity contribution in [2.75, 3.05) is 18.5 Å². The van der Waals surface area contributed by atoms with Crippen molar-refractivity contribution in [3.63, 3.8) is 0 Å². The van der Waals surface area contributed by atoms with E-state index in [1.54, 1.807) is 6.92 Å². The first-order valence-corrected chi connectivity index (χ1v) is 7.05.